The van der Waals surface area contributed by atoms with Gasteiger partial charge in [0, 0.05) is 13.0 Å². The third kappa shape index (κ3) is 5.80. The highest BCUT2D eigenvalue weighted by Crippen LogP contribution is 2.32. The summed E-state index contributed by atoms with van der Waals surface area (Å²) in [7, 11) is 0. The van der Waals surface area contributed by atoms with Gasteiger partial charge in [-0.3, -0.25) is 4.79 Å². The quantitative estimate of drug-likeness (QED) is 0.542. The largest absolute Gasteiger partial charge is 0.395 e. The van der Waals surface area contributed by atoms with Crippen molar-refractivity contribution in [2.75, 3.05) is 19.8 Å². The van der Waals surface area contributed by atoms with Crippen LogP contribution in [0.5, 0.6) is 0 Å². The molecule has 118 valence electrons. The molecule has 0 saturated carbocycles. The topological polar surface area (TPSA) is 58.6 Å². The van der Waals surface area contributed by atoms with Gasteiger partial charge in [0.15, 0.2) is 0 Å². The Labute approximate surface area is 123 Å². The molecule has 0 spiro atoms. The highest BCUT2D eigenvalue weighted by Gasteiger charge is 2.44. The van der Waals surface area contributed by atoms with Crippen LogP contribution in [0.25, 0.3) is 0 Å². The fourth-order valence-corrected chi connectivity index (χ4v) is 2.71. The second kappa shape index (κ2) is 10.2. The number of amides is 1. The lowest BCUT2D eigenvalue weighted by Crippen LogP contribution is -2.56. The Morgan fingerprint density at radius 3 is 2.25 bits per heavy atom. The van der Waals surface area contributed by atoms with E-state index in [1.807, 2.05) is 0 Å². The van der Waals surface area contributed by atoms with Gasteiger partial charge in [0.2, 0.25) is 0 Å². The minimum absolute atomic E-state index is 0.0143. The van der Waals surface area contributed by atoms with E-state index in [1.54, 1.807) is 0 Å². The first-order valence-corrected chi connectivity index (χ1v) is 8.28. The Bertz CT molecular complexity index is 264. The van der Waals surface area contributed by atoms with E-state index in [-0.39, 0.29) is 12.5 Å². The molecule has 0 aromatic rings. The van der Waals surface area contributed by atoms with Crippen LogP contribution in [0.2, 0.25) is 0 Å². The van der Waals surface area contributed by atoms with E-state index in [2.05, 4.69) is 12.2 Å². The first-order chi connectivity index (χ1) is 9.75. The van der Waals surface area contributed by atoms with Crippen LogP contribution in [-0.4, -0.2) is 36.4 Å². The number of hydrogen-bond acceptors (Lipinski definition) is 3. The van der Waals surface area contributed by atoms with Crippen molar-refractivity contribution in [3.8, 4) is 0 Å². The van der Waals surface area contributed by atoms with E-state index >= 15 is 0 Å². The van der Waals surface area contributed by atoms with Crippen LogP contribution in [0, 0.1) is 0 Å². The molecular weight excluding hydrogens is 254 g/mol. The van der Waals surface area contributed by atoms with E-state index in [4.69, 9.17) is 9.84 Å². The summed E-state index contributed by atoms with van der Waals surface area (Å²) in [6, 6.07) is 0. The molecule has 2 N–H and O–H groups in total. The first kappa shape index (κ1) is 17.4. The average Bonchev–Trinajstić information content (AvgIpc) is 2.41. The Hall–Kier alpha value is -0.610. The fourth-order valence-electron chi connectivity index (χ4n) is 2.71. The summed E-state index contributed by atoms with van der Waals surface area (Å²) in [6.07, 6.45) is 11.8. The lowest BCUT2D eigenvalue weighted by molar-refractivity contribution is -0.179. The van der Waals surface area contributed by atoms with Gasteiger partial charge < -0.3 is 15.2 Å². The minimum Gasteiger partial charge on any atom is -0.395 e. The molecule has 0 bridgehead atoms. The summed E-state index contributed by atoms with van der Waals surface area (Å²) < 4.78 is 5.54. The number of aliphatic hydroxyl groups excluding tert-OH is 1. The van der Waals surface area contributed by atoms with Gasteiger partial charge in [-0.15, -0.1) is 0 Å². The van der Waals surface area contributed by atoms with Crippen molar-refractivity contribution in [2.24, 2.45) is 0 Å². The fraction of sp³-hybridized carbons (Fsp3) is 0.938. The van der Waals surface area contributed by atoms with Gasteiger partial charge in [-0.05, 0) is 6.42 Å². The average molecular weight is 285 g/mol. The molecule has 1 heterocycles. The van der Waals surface area contributed by atoms with Crippen molar-refractivity contribution in [1.29, 1.82) is 0 Å². The zero-order valence-corrected chi connectivity index (χ0v) is 13.0. The molecule has 1 saturated heterocycles. The van der Waals surface area contributed by atoms with E-state index in [9.17, 15) is 4.79 Å². The molecule has 1 unspecified atom stereocenters. The van der Waals surface area contributed by atoms with E-state index < -0.39 is 5.60 Å². The summed E-state index contributed by atoms with van der Waals surface area (Å²) >= 11 is 0. The normalized spacial score (nSPS) is 21.5. The molecule has 1 atom stereocenters. The number of aliphatic hydroxyl groups is 1. The predicted molar refractivity (Wildman–Crippen MR) is 80.6 cm³/mol. The van der Waals surface area contributed by atoms with Crippen molar-refractivity contribution in [1.82, 2.24) is 5.32 Å². The van der Waals surface area contributed by atoms with Crippen LogP contribution in [0.3, 0.4) is 0 Å². The Kier molecular flexibility index (Phi) is 8.86. The standard InChI is InChI=1S/C16H31NO3/c1-2-3-4-5-6-7-8-9-10-16(11-14-20-16)15(19)17-12-13-18/h18H,2-14H2,1H3,(H,17,19). The van der Waals surface area contributed by atoms with Crippen LogP contribution in [0.15, 0.2) is 0 Å². The number of carbonyl (C=O) groups excluding carboxylic acids is 1. The monoisotopic (exact) mass is 285 g/mol. The molecule has 0 radical (unpaired) electrons. The SMILES string of the molecule is CCCCCCCCCCC1(C(=O)NCCO)CCO1. The summed E-state index contributed by atoms with van der Waals surface area (Å²) in [4.78, 5) is 12.0. The predicted octanol–water partition coefficient (Wildman–Crippen LogP) is 2.78. The van der Waals surface area contributed by atoms with Gasteiger partial charge in [0.05, 0.1) is 13.2 Å². The van der Waals surface area contributed by atoms with Crippen molar-refractivity contribution in [3.05, 3.63) is 0 Å². The molecule has 20 heavy (non-hydrogen) atoms. The Balaban J connectivity index is 2.07. The van der Waals surface area contributed by atoms with E-state index in [0.29, 0.717) is 13.2 Å². The number of hydrogen-bond donors (Lipinski definition) is 2. The highest BCUT2D eigenvalue weighted by atomic mass is 16.5. The zero-order chi connectivity index (χ0) is 14.7. The number of rotatable bonds is 12. The van der Waals surface area contributed by atoms with Gasteiger partial charge in [0.25, 0.3) is 5.91 Å². The van der Waals surface area contributed by atoms with Crippen molar-refractivity contribution >= 4 is 5.91 Å². The van der Waals surface area contributed by atoms with Gasteiger partial charge in [-0.25, -0.2) is 0 Å². The van der Waals surface area contributed by atoms with Gasteiger partial charge in [-0.1, -0.05) is 58.3 Å². The maximum atomic E-state index is 12.0. The number of nitrogens with one attached hydrogen (secondary N) is 1. The lowest BCUT2D eigenvalue weighted by atomic mass is 9.87. The summed E-state index contributed by atoms with van der Waals surface area (Å²) in [5.41, 5.74) is -0.586. The van der Waals surface area contributed by atoms with Gasteiger partial charge in [-0.2, -0.15) is 0 Å². The van der Waals surface area contributed by atoms with Gasteiger partial charge >= 0.3 is 0 Å². The number of unbranched alkanes of at least 4 members (excludes halogenated alkanes) is 7. The first-order valence-electron chi connectivity index (χ1n) is 8.28. The number of carbonyl (C=O) groups is 1. The summed E-state index contributed by atoms with van der Waals surface area (Å²) in [5, 5.41) is 11.5. The third-order valence-electron chi connectivity index (χ3n) is 4.13. The Morgan fingerprint density at radius 1 is 1.15 bits per heavy atom. The molecule has 4 heteroatoms. The van der Waals surface area contributed by atoms with Crippen molar-refractivity contribution in [2.45, 2.75) is 76.7 Å². The van der Waals surface area contributed by atoms with Crippen LogP contribution >= 0.6 is 0 Å². The molecule has 4 nitrogen and oxygen atoms in total. The van der Waals surface area contributed by atoms with Crippen molar-refractivity contribution < 1.29 is 14.6 Å². The maximum Gasteiger partial charge on any atom is 0.252 e. The van der Waals surface area contributed by atoms with Crippen LogP contribution in [0.1, 0.15) is 71.1 Å². The van der Waals surface area contributed by atoms with Crippen LogP contribution in [-0.2, 0) is 9.53 Å². The highest BCUT2D eigenvalue weighted by molar-refractivity contribution is 5.85. The molecule has 0 aliphatic carbocycles. The van der Waals surface area contributed by atoms with Crippen LogP contribution in [0.4, 0.5) is 0 Å². The van der Waals surface area contributed by atoms with Crippen LogP contribution < -0.4 is 5.32 Å². The summed E-state index contributed by atoms with van der Waals surface area (Å²) in [6.45, 7) is 3.23. The molecule has 1 aliphatic heterocycles. The molecular formula is C16H31NO3. The molecule has 1 amide bonds. The minimum atomic E-state index is -0.586. The second-order valence-corrected chi connectivity index (χ2v) is 5.80. The zero-order valence-electron chi connectivity index (χ0n) is 13.0. The smallest absolute Gasteiger partial charge is 0.252 e. The molecule has 1 rings (SSSR count). The van der Waals surface area contributed by atoms with Crippen molar-refractivity contribution in [3.63, 3.8) is 0 Å². The maximum absolute atomic E-state index is 12.0. The molecule has 1 aliphatic rings. The third-order valence-corrected chi connectivity index (χ3v) is 4.13. The second-order valence-electron chi connectivity index (χ2n) is 5.80. The Morgan fingerprint density at radius 2 is 1.75 bits per heavy atom. The lowest BCUT2D eigenvalue weighted by Gasteiger charge is -2.40. The van der Waals surface area contributed by atoms with Gasteiger partial charge in [0.1, 0.15) is 5.60 Å². The molecule has 0 aromatic heterocycles. The number of ether oxygens (including phenoxy) is 1. The molecule has 1 fully saturated rings. The molecule has 0 aromatic carbocycles. The van der Waals surface area contributed by atoms with E-state index in [0.717, 1.165) is 19.3 Å². The summed E-state index contributed by atoms with van der Waals surface area (Å²) in [5.74, 6) is -0.0410. The van der Waals surface area contributed by atoms with E-state index in [1.165, 1.54) is 44.9 Å².